The lowest BCUT2D eigenvalue weighted by Gasteiger charge is -2.37. The van der Waals surface area contributed by atoms with Gasteiger partial charge in [0.1, 0.15) is 10.7 Å². The first-order chi connectivity index (χ1) is 17.6. The maximum absolute atomic E-state index is 13.1. The first-order valence-electron chi connectivity index (χ1n) is 11.8. The van der Waals surface area contributed by atoms with Crippen LogP contribution in [0.1, 0.15) is 33.9 Å². The van der Waals surface area contributed by atoms with Crippen LogP contribution in [0.25, 0.3) is 16.4 Å². The van der Waals surface area contributed by atoms with E-state index in [-0.39, 0.29) is 5.91 Å². The number of hydrogen-bond donors (Lipinski definition) is 0. The summed E-state index contributed by atoms with van der Waals surface area (Å²) >= 11 is 4.72. The van der Waals surface area contributed by atoms with E-state index in [1.165, 1.54) is 16.9 Å². The number of aryl methyl sites for hydroxylation is 1. The first-order valence-corrected chi connectivity index (χ1v) is 14.6. The fraction of sp³-hybridized carbons (Fsp3) is 0.360. The van der Waals surface area contributed by atoms with E-state index in [0.717, 1.165) is 26.6 Å². The molecule has 0 bridgehead atoms. The zero-order valence-corrected chi connectivity index (χ0v) is 22.2. The van der Waals surface area contributed by atoms with E-state index >= 15 is 0 Å². The zero-order valence-electron chi connectivity index (χ0n) is 19.8. The second-order valence-corrected chi connectivity index (χ2v) is 11.6. The predicted molar refractivity (Wildman–Crippen MR) is 141 cm³/mol. The lowest BCUT2D eigenvalue weighted by atomic mass is 10.0. The largest absolute Gasteiger partial charge is 0.347 e. The first kappa shape index (κ1) is 23.8. The van der Waals surface area contributed by atoms with Crippen LogP contribution in [-0.4, -0.2) is 62.6 Å². The standard InChI is InChI=1S/C25H25N5O3S3/c1-17-4-2-5-18(14-17)30-22(20-6-3-13-34-20)27-28-24(30)36-16-21-26-19(15-35-21)23(31)29-9-7-25(8-10-29)32-11-12-33-25/h2-6,13-15H,7-12,16H2,1H3. The molecule has 0 saturated carbocycles. The number of ether oxygens (including phenoxy) is 2. The van der Waals surface area contributed by atoms with Crippen molar-refractivity contribution in [1.82, 2.24) is 24.6 Å². The predicted octanol–water partition coefficient (Wildman–Crippen LogP) is 5.03. The molecule has 0 unspecified atom stereocenters. The molecule has 1 aromatic carbocycles. The summed E-state index contributed by atoms with van der Waals surface area (Å²) < 4.78 is 13.7. The van der Waals surface area contributed by atoms with Crippen LogP contribution in [0, 0.1) is 6.92 Å². The quantitative estimate of drug-likeness (QED) is 0.318. The van der Waals surface area contributed by atoms with Crippen molar-refractivity contribution in [3.05, 3.63) is 63.4 Å². The highest BCUT2D eigenvalue weighted by Gasteiger charge is 2.41. The number of nitrogens with zero attached hydrogens (tertiary/aromatic N) is 5. The van der Waals surface area contributed by atoms with Crippen LogP contribution < -0.4 is 0 Å². The van der Waals surface area contributed by atoms with Gasteiger partial charge in [0.25, 0.3) is 5.91 Å². The third kappa shape index (κ3) is 4.73. The Morgan fingerprint density at radius 3 is 2.69 bits per heavy atom. The Balaban J connectivity index is 1.16. The number of likely N-dealkylation sites (tertiary alicyclic amines) is 1. The summed E-state index contributed by atoms with van der Waals surface area (Å²) in [5.74, 6) is 0.914. The van der Waals surface area contributed by atoms with Crippen molar-refractivity contribution in [1.29, 1.82) is 0 Å². The van der Waals surface area contributed by atoms with Crippen molar-refractivity contribution in [2.24, 2.45) is 0 Å². The summed E-state index contributed by atoms with van der Waals surface area (Å²) in [4.78, 5) is 20.6. The van der Waals surface area contributed by atoms with Gasteiger partial charge in [0.05, 0.1) is 29.5 Å². The topological polar surface area (TPSA) is 82.4 Å². The Labute approximate surface area is 221 Å². The second kappa shape index (κ2) is 10.1. The summed E-state index contributed by atoms with van der Waals surface area (Å²) in [5.41, 5.74) is 2.70. The Bertz CT molecular complexity index is 1350. The highest BCUT2D eigenvalue weighted by Crippen LogP contribution is 2.34. The number of piperidine rings is 1. The Kier molecular flexibility index (Phi) is 6.65. The summed E-state index contributed by atoms with van der Waals surface area (Å²) in [6.45, 7) is 4.58. The van der Waals surface area contributed by atoms with Gasteiger partial charge >= 0.3 is 0 Å². The van der Waals surface area contributed by atoms with Crippen molar-refractivity contribution in [3.8, 4) is 16.4 Å². The molecule has 2 aliphatic heterocycles. The number of carbonyl (C=O) groups excluding carboxylic acids is 1. The van der Waals surface area contributed by atoms with Gasteiger partial charge in [-0.3, -0.25) is 9.36 Å². The number of thiazole rings is 1. The average molecular weight is 540 g/mol. The van der Waals surface area contributed by atoms with Crippen molar-refractivity contribution in [2.45, 2.75) is 36.5 Å². The number of benzene rings is 1. The average Bonchev–Trinajstić information content (AvgIpc) is 3.70. The number of rotatable bonds is 6. The smallest absolute Gasteiger partial charge is 0.273 e. The molecule has 186 valence electrons. The number of aromatic nitrogens is 4. The maximum atomic E-state index is 13.1. The van der Waals surface area contributed by atoms with Crippen LogP contribution in [0.5, 0.6) is 0 Å². The van der Waals surface area contributed by atoms with Crippen molar-refractivity contribution in [3.63, 3.8) is 0 Å². The van der Waals surface area contributed by atoms with Crippen LogP contribution in [0.4, 0.5) is 0 Å². The second-order valence-electron chi connectivity index (χ2n) is 8.77. The molecule has 1 spiro atoms. The molecule has 36 heavy (non-hydrogen) atoms. The van der Waals surface area contributed by atoms with Crippen LogP contribution >= 0.6 is 34.4 Å². The minimum atomic E-state index is -0.490. The molecular weight excluding hydrogens is 515 g/mol. The monoisotopic (exact) mass is 539 g/mol. The van der Waals surface area contributed by atoms with Crippen molar-refractivity contribution < 1.29 is 14.3 Å². The molecule has 3 aromatic heterocycles. The summed E-state index contributed by atoms with van der Waals surface area (Å²) in [6.07, 6.45) is 1.40. The SMILES string of the molecule is Cc1cccc(-n2c(SCc3nc(C(=O)N4CCC5(CC4)OCCO5)cs3)nnc2-c2cccs2)c1. The molecule has 2 fully saturated rings. The van der Waals surface area contributed by atoms with Gasteiger partial charge in [-0.25, -0.2) is 4.98 Å². The minimum Gasteiger partial charge on any atom is -0.347 e. The van der Waals surface area contributed by atoms with E-state index in [9.17, 15) is 4.79 Å². The van der Waals surface area contributed by atoms with E-state index in [1.807, 2.05) is 27.8 Å². The van der Waals surface area contributed by atoms with Gasteiger partial charge in [-0.05, 0) is 36.1 Å². The molecule has 0 radical (unpaired) electrons. The number of hydrogen-bond acceptors (Lipinski definition) is 9. The Hall–Kier alpha value is -2.57. The minimum absolute atomic E-state index is 0.0294. The molecule has 11 heteroatoms. The summed E-state index contributed by atoms with van der Waals surface area (Å²) in [5, 5.41) is 14.6. The number of thiophene rings is 1. The number of carbonyl (C=O) groups is 1. The van der Waals surface area contributed by atoms with E-state index in [2.05, 4.69) is 50.9 Å². The van der Waals surface area contributed by atoms with Gasteiger partial charge in [0, 0.05) is 31.3 Å². The Morgan fingerprint density at radius 1 is 1.11 bits per heavy atom. The molecule has 4 aromatic rings. The van der Waals surface area contributed by atoms with Gasteiger partial charge in [-0.15, -0.1) is 32.9 Å². The van der Waals surface area contributed by atoms with E-state index < -0.39 is 5.79 Å². The van der Waals surface area contributed by atoms with Crippen LogP contribution in [0.3, 0.4) is 0 Å². The fourth-order valence-electron chi connectivity index (χ4n) is 4.53. The lowest BCUT2D eigenvalue weighted by molar-refractivity contribution is -0.181. The molecule has 2 aliphatic rings. The summed E-state index contributed by atoms with van der Waals surface area (Å²) in [7, 11) is 0. The van der Waals surface area contributed by atoms with Gasteiger partial charge < -0.3 is 14.4 Å². The highest BCUT2D eigenvalue weighted by molar-refractivity contribution is 7.98. The highest BCUT2D eigenvalue weighted by atomic mass is 32.2. The van der Waals surface area contributed by atoms with Gasteiger partial charge in [0.15, 0.2) is 16.8 Å². The van der Waals surface area contributed by atoms with Gasteiger partial charge in [0.2, 0.25) is 0 Å². The molecule has 1 amide bonds. The molecule has 5 heterocycles. The molecular formula is C25H25N5O3S3. The molecule has 0 aliphatic carbocycles. The third-order valence-electron chi connectivity index (χ3n) is 6.36. The van der Waals surface area contributed by atoms with Gasteiger partial charge in [-0.1, -0.05) is 30.0 Å². The molecule has 6 rings (SSSR count). The normalized spacial score (nSPS) is 17.2. The fourth-order valence-corrected chi connectivity index (χ4v) is 6.96. The van der Waals surface area contributed by atoms with Crippen LogP contribution in [-0.2, 0) is 15.2 Å². The van der Waals surface area contributed by atoms with E-state index in [1.54, 1.807) is 23.1 Å². The molecule has 8 nitrogen and oxygen atoms in total. The Morgan fingerprint density at radius 2 is 1.94 bits per heavy atom. The third-order valence-corrected chi connectivity index (χ3v) is 9.19. The van der Waals surface area contributed by atoms with Gasteiger partial charge in [-0.2, -0.15) is 0 Å². The van der Waals surface area contributed by atoms with Crippen molar-refractivity contribution >= 4 is 40.3 Å². The molecule has 2 saturated heterocycles. The van der Waals surface area contributed by atoms with Crippen molar-refractivity contribution in [2.75, 3.05) is 26.3 Å². The molecule has 0 atom stereocenters. The van der Waals surface area contributed by atoms with Crippen LogP contribution in [0.15, 0.2) is 52.3 Å². The molecule has 0 N–H and O–H groups in total. The van der Waals surface area contributed by atoms with Crippen LogP contribution in [0.2, 0.25) is 0 Å². The zero-order chi connectivity index (χ0) is 24.5. The number of amides is 1. The number of thioether (sulfide) groups is 1. The van der Waals surface area contributed by atoms with E-state index in [4.69, 9.17) is 9.47 Å². The summed E-state index contributed by atoms with van der Waals surface area (Å²) in [6, 6.07) is 12.4. The lowest BCUT2D eigenvalue weighted by Crippen LogP contribution is -2.47. The maximum Gasteiger partial charge on any atom is 0.273 e. The van der Waals surface area contributed by atoms with E-state index in [0.29, 0.717) is 50.6 Å².